The fourth-order valence-electron chi connectivity index (χ4n) is 3.62. The quantitative estimate of drug-likeness (QED) is 0.327. The van der Waals surface area contributed by atoms with Gasteiger partial charge in [-0.3, -0.25) is 19.3 Å². The number of anilines is 2. The number of imidazole rings is 1. The number of aromatic nitrogens is 4. The highest BCUT2D eigenvalue weighted by Gasteiger charge is 2.36. The lowest BCUT2D eigenvalue weighted by atomic mass is 10.1. The molecule has 0 unspecified atom stereocenters. The topological polar surface area (TPSA) is 148 Å². The predicted molar refractivity (Wildman–Crippen MR) is 142 cm³/mol. The van der Waals surface area contributed by atoms with Crippen molar-refractivity contribution in [1.29, 1.82) is 0 Å². The van der Waals surface area contributed by atoms with Crippen LogP contribution in [0, 0.1) is 0 Å². The van der Waals surface area contributed by atoms with E-state index in [9.17, 15) is 32.3 Å². The number of nitrogens with one attached hydrogen (secondary N) is 2. The number of carbonyl (C=O) groups excluding carboxylic acids is 4. The lowest BCUT2D eigenvalue weighted by molar-refractivity contribution is -0.139. The first kappa shape index (κ1) is 30.7. The molecule has 0 spiro atoms. The normalized spacial score (nSPS) is 11.9. The van der Waals surface area contributed by atoms with Gasteiger partial charge >= 0.3 is 12.2 Å². The van der Waals surface area contributed by atoms with Crippen molar-refractivity contribution in [2.45, 2.75) is 39.4 Å². The molecule has 0 bridgehead atoms. The van der Waals surface area contributed by atoms with E-state index in [0.717, 1.165) is 11.0 Å². The predicted octanol–water partition coefficient (Wildman–Crippen LogP) is 3.89. The third-order valence-electron chi connectivity index (χ3n) is 5.91. The number of carbonyl (C=O) groups is 4. The Bertz CT molecular complexity index is 1440. The number of halogens is 3. The van der Waals surface area contributed by atoms with E-state index in [1.165, 1.54) is 49.3 Å². The zero-order valence-electron chi connectivity index (χ0n) is 22.7. The second-order valence-electron chi connectivity index (χ2n) is 8.67. The van der Waals surface area contributed by atoms with Crippen LogP contribution in [0.3, 0.4) is 0 Å². The van der Waals surface area contributed by atoms with Crippen molar-refractivity contribution in [1.82, 2.24) is 24.8 Å². The highest BCUT2D eigenvalue weighted by molar-refractivity contribution is 5.98. The number of rotatable bonds is 11. The molecule has 218 valence electrons. The van der Waals surface area contributed by atoms with Crippen molar-refractivity contribution in [2.24, 2.45) is 0 Å². The minimum atomic E-state index is -4.71. The maximum atomic E-state index is 13.5. The van der Waals surface area contributed by atoms with Gasteiger partial charge in [0.1, 0.15) is 23.1 Å². The van der Waals surface area contributed by atoms with E-state index in [2.05, 4.69) is 25.6 Å². The first-order chi connectivity index (χ1) is 19.4. The van der Waals surface area contributed by atoms with Crippen LogP contribution < -0.4 is 20.3 Å². The molecule has 0 radical (unpaired) electrons. The van der Waals surface area contributed by atoms with Crippen molar-refractivity contribution < 1.29 is 37.1 Å². The van der Waals surface area contributed by atoms with Gasteiger partial charge in [0, 0.05) is 25.2 Å². The second-order valence-corrected chi connectivity index (χ2v) is 8.67. The highest BCUT2D eigenvalue weighted by Crippen LogP contribution is 2.37. The Morgan fingerprint density at radius 1 is 1.20 bits per heavy atom. The molecule has 0 saturated carbocycles. The Labute approximate surface area is 232 Å². The van der Waals surface area contributed by atoms with E-state index in [0.29, 0.717) is 6.29 Å². The lowest BCUT2D eigenvalue weighted by Gasteiger charge is -2.18. The van der Waals surface area contributed by atoms with Crippen LogP contribution in [0.15, 0.2) is 36.8 Å². The third kappa shape index (κ3) is 7.23. The van der Waals surface area contributed by atoms with E-state index >= 15 is 0 Å². The largest absolute Gasteiger partial charge is 0.478 e. The number of alkyl halides is 3. The SMILES string of the molecule is CCOc1ncc(-c2cccc(NC(=O)[C@H](C)n3cnc(N(C)C(=O)NCC(=O)CC)c3C=O)n2)cc1C(F)(F)F. The van der Waals surface area contributed by atoms with Crippen LogP contribution in [-0.2, 0) is 15.8 Å². The number of urea groups is 1. The van der Waals surface area contributed by atoms with Crippen molar-refractivity contribution in [2.75, 3.05) is 30.4 Å². The molecule has 15 heteroatoms. The van der Waals surface area contributed by atoms with Gasteiger partial charge in [-0.1, -0.05) is 13.0 Å². The Hall–Kier alpha value is -4.82. The van der Waals surface area contributed by atoms with Gasteiger partial charge in [0.05, 0.1) is 25.2 Å². The maximum Gasteiger partial charge on any atom is 0.421 e. The molecular weight excluding hydrogens is 547 g/mol. The summed E-state index contributed by atoms with van der Waals surface area (Å²) in [7, 11) is 1.35. The molecular formula is C26H28F3N7O5. The summed E-state index contributed by atoms with van der Waals surface area (Å²) in [6, 6.07) is 3.58. The molecule has 41 heavy (non-hydrogen) atoms. The number of ether oxygens (including phenoxy) is 1. The molecule has 1 atom stereocenters. The van der Waals surface area contributed by atoms with E-state index in [-0.39, 0.29) is 53.9 Å². The van der Waals surface area contributed by atoms with Crippen molar-refractivity contribution in [3.05, 3.63) is 48.0 Å². The minimum Gasteiger partial charge on any atom is -0.478 e. The van der Waals surface area contributed by atoms with E-state index in [1.807, 2.05) is 0 Å². The molecule has 3 amide bonds. The van der Waals surface area contributed by atoms with Gasteiger partial charge in [-0.05, 0) is 32.0 Å². The van der Waals surface area contributed by atoms with Crippen LogP contribution in [-0.4, -0.2) is 63.7 Å². The second kappa shape index (κ2) is 13.0. The Kier molecular flexibility index (Phi) is 9.76. The molecule has 0 aliphatic rings. The van der Waals surface area contributed by atoms with Crippen LogP contribution in [0.1, 0.15) is 49.3 Å². The summed E-state index contributed by atoms with van der Waals surface area (Å²) in [6.45, 7) is 4.49. The van der Waals surface area contributed by atoms with Gasteiger partial charge in [0.15, 0.2) is 17.9 Å². The van der Waals surface area contributed by atoms with Gasteiger partial charge < -0.3 is 19.9 Å². The molecule has 3 rings (SSSR count). The summed E-state index contributed by atoms with van der Waals surface area (Å²) >= 11 is 0. The monoisotopic (exact) mass is 575 g/mol. The smallest absolute Gasteiger partial charge is 0.421 e. The molecule has 0 fully saturated rings. The first-order valence-electron chi connectivity index (χ1n) is 12.4. The molecule has 3 aromatic heterocycles. The van der Waals surface area contributed by atoms with E-state index in [4.69, 9.17) is 4.74 Å². The van der Waals surface area contributed by atoms with Crippen LogP contribution in [0.2, 0.25) is 0 Å². The molecule has 3 aromatic rings. The summed E-state index contributed by atoms with van der Waals surface area (Å²) in [5.41, 5.74) is -0.970. The third-order valence-corrected chi connectivity index (χ3v) is 5.91. The van der Waals surface area contributed by atoms with Crippen LogP contribution in [0.25, 0.3) is 11.3 Å². The van der Waals surface area contributed by atoms with Crippen molar-refractivity contribution in [3.63, 3.8) is 0 Å². The molecule has 2 N–H and O–H groups in total. The fraction of sp³-hybridized carbons (Fsp3) is 0.346. The molecule has 12 nitrogen and oxygen atoms in total. The zero-order valence-corrected chi connectivity index (χ0v) is 22.7. The molecule has 0 aromatic carbocycles. The van der Waals surface area contributed by atoms with Gasteiger partial charge in [-0.15, -0.1) is 0 Å². The average Bonchev–Trinajstić information content (AvgIpc) is 3.38. The van der Waals surface area contributed by atoms with Crippen LogP contribution in [0.5, 0.6) is 5.88 Å². The number of aldehydes is 1. The molecule has 0 aliphatic carbocycles. The summed E-state index contributed by atoms with van der Waals surface area (Å²) in [5.74, 6) is -1.36. The van der Waals surface area contributed by atoms with Gasteiger partial charge in [-0.25, -0.2) is 19.7 Å². The average molecular weight is 576 g/mol. The van der Waals surface area contributed by atoms with Crippen molar-refractivity contribution >= 4 is 35.6 Å². The van der Waals surface area contributed by atoms with Crippen molar-refractivity contribution in [3.8, 4) is 17.1 Å². The van der Waals surface area contributed by atoms with E-state index in [1.54, 1.807) is 13.8 Å². The minimum absolute atomic E-state index is 0.00105. The maximum absolute atomic E-state index is 13.5. The number of pyridine rings is 2. The Morgan fingerprint density at radius 3 is 2.56 bits per heavy atom. The van der Waals surface area contributed by atoms with Gasteiger partial charge in [-0.2, -0.15) is 13.2 Å². The van der Waals surface area contributed by atoms with Crippen LogP contribution in [0.4, 0.5) is 29.6 Å². The zero-order chi connectivity index (χ0) is 30.3. The summed E-state index contributed by atoms with van der Waals surface area (Å²) in [6.07, 6.45) is -1.64. The number of Topliss-reactive ketones (excluding diaryl/α,β-unsaturated/α-hetero) is 1. The number of amides is 3. The lowest BCUT2D eigenvalue weighted by Crippen LogP contribution is -2.40. The van der Waals surface area contributed by atoms with Gasteiger partial charge in [0.2, 0.25) is 11.8 Å². The standard InChI is InChI=1S/C26H28F3N7O5/c1-5-17(38)12-31-25(40)35(4)22-20(13-37)36(14-32-22)15(3)23(39)34-21-9-7-8-19(33-21)16-10-18(26(27,28)29)24(30-11-16)41-6-2/h7-11,13-15H,5-6,12H2,1-4H3,(H,31,40)(H,33,34,39)/t15-/m0/s1. The summed E-state index contributed by atoms with van der Waals surface area (Å²) < 4.78 is 46.9. The van der Waals surface area contributed by atoms with E-state index < -0.39 is 35.6 Å². The Morgan fingerprint density at radius 2 is 1.93 bits per heavy atom. The Balaban J connectivity index is 1.80. The molecule has 0 saturated heterocycles. The summed E-state index contributed by atoms with van der Waals surface area (Å²) in [4.78, 5) is 61.9. The number of nitrogens with zero attached hydrogens (tertiary/aromatic N) is 5. The first-order valence-corrected chi connectivity index (χ1v) is 12.4. The number of ketones is 1. The van der Waals surface area contributed by atoms with Gasteiger partial charge in [0.25, 0.3) is 0 Å². The number of hydrogen-bond donors (Lipinski definition) is 2. The van der Waals surface area contributed by atoms with Crippen LogP contribution >= 0.6 is 0 Å². The molecule has 3 heterocycles. The number of hydrogen-bond acceptors (Lipinski definition) is 8. The molecule has 0 aliphatic heterocycles. The highest BCUT2D eigenvalue weighted by atomic mass is 19.4. The summed E-state index contributed by atoms with van der Waals surface area (Å²) in [5, 5.41) is 4.99. The fourth-order valence-corrected chi connectivity index (χ4v) is 3.62.